The fraction of sp³-hybridized carbons (Fsp3) is 0.0392. The van der Waals surface area contributed by atoms with E-state index in [4.69, 9.17) is 0 Å². The van der Waals surface area contributed by atoms with Crippen molar-refractivity contribution in [2.75, 3.05) is 4.90 Å². The van der Waals surface area contributed by atoms with Gasteiger partial charge in [0, 0.05) is 32.7 Å². The van der Waals surface area contributed by atoms with Gasteiger partial charge in [-0.2, -0.15) is 11.4 Å². The summed E-state index contributed by atoms with van der Waals surface area (Å²) in [7, 11) is 0. The summed E-state index contributed by atoms with van der Waals surface area (Å²) in [6.45, 7) is 0. The molecule has 0 atom stereocenters. The molecule has 3 heterocycles. The summed E-state index contributed by atoms with van der Waals surface area (Å²) in [6.07, 6.45) is 3.30. The second-order valence-electron chi connectivity index (χ2n) is 14.3. The van der Waals surface area contributed by atoms with Gasteiger partial charge in [0.25, 0.3) is 0 Å². The standard InChI is InChI=1S/C51H36N2S2/c1-4-15-35(16-5-1)51(36-17-6-2-7-18-36)44-23-12-10-21-40(44)41-28-26-38(33-45(41)51)52(50-31-30-49(55-50)48-25-14-32-54-48)39-27-29-43-42-22-11-13-24-46(42)53(47(43)34-39)37-19-8-3-9-20-37/h1-24,26-34,54H,25H2. The number of rotatable bonds is 7. The van der Waals surface area contributed by atoms with Crippen LogP contribution in [-0.4, -0.2) is 9.43 Å². The average Bonchev–Trinajstić information content (AvgIpc) is 4.07. The number of anilines is 3. The molecule has 2 aromatic heterocycles. The zero-order valence-corrected chi connectivity index (χ0v) is 31.7. The molecule has 262 valence electrons. The van der Waals surface area contributed by atoms with Crippen LogP contribution in [0, 0.1) is 0 Å². The lowest BCUT2D eigenvalue weighted by atomic mass is 9.67. The first kappa shape index (κ1) is 32.2. The van der Waals surface area contributed by atoms with Crippen molar-refractivity contribution in [1.29, 1.82) is 0 Å². The van der Waals surface area contributed by atoms with E-state index >= 15 is 0 Å². The smallest absolute Gasteiger partial charge is 0.101 e. The number of nitrogens with zero attached hydrogens (tertiary/aromatic N) is 2. The van der Waals surface area contributed by atoms with Crippen LogP contribution in [0.25, 0.3) is 38.6 Å². The third-order valence-corrected chi connectivity index (χ3v) is 13.8. The Bertz CT molecular complexity index is 2910. The van der Waals surface area contributed by atoms with Crippen LogP contribution in [0.1, 0.15) is 33.6 Å². The first-order chi connectivity index (χ1) is 27.3. The first-order valence-corrected chi connectivity index (χ1v) is 20.6. The number of fused-ring (bicyclic) bond motifs is 6. The molecule has 0 radical (unpaired) electrons. The Labute approximate surface area is 328 Å². The molecule has 1 aliphatic carbocycles. The van der Waals surface area contributed by atoms with Gasteiger partial charge in [-0.05, 0) is 105 Å². The monoisotopic (exact) mass is 740 g/mol. The molecule has 0 unspecified atom stereocenters. The Morgan fingerprint density at radius 2 is 1.16 bits per heavy atom. The van der Waals surface area contributed by atoms with Crippen molar-refractivity contribution in [3.63, 3.8) is 0 Å². The summed E-state index contributed by atoms with van der Waals surface area (Å²) in [5, 5.41) is 5.98. The average molecular weight is 741 g/mol. The Morgan fingerprint density at radius 3 is 1.93 bits per heavy atom. The molecule has 2 nitrogen and oxygen atoms in total. The van der Waals surface area contributed by atoms with Crippen LogP contribution in [0.4, 0.5) is 16.4 Å². The molecule has 2 aliphatic rings. The molecule has 0 fully saturated rings. The Morgan fingerprint density at radius 1 is 0.527 bits per heavy atom. The van der Waals surface area contributed by atoms with Crippen molar-refractivity contribution in [3.05, 3.63) is 227 Å². The highest BCUT2D eigenvalue weighted by molar-refractivity contribution is 8.02. The van der Waals surface area contributed by atoms with Crippen LogP contribution >= 0.6 is 22.7 Å². The van der Waals surface area contributed by atoms with E-state index in [1.54, 1.807) is 0 Å². The van der Waals surface area contributed by atoms with Crippen LogP contribution < -0.4 is 4.90 Å². The van der Waals surface area contributed by atoms with Gasteiger partial charge in [-0.15, -0.1) is 11.3 Å². The largest absolute Gasteiger partial charge is 0.309 e. The quantitative estimate of drug-likeness (QED) is 0.126. The lowest BCUT2D eigenvalue weighted by Crippen LogP contribution is -2.28. The highest BCUT2D eigenvalue weighted by atomic mass is 32.1. The van der Waals surface area contributed by atoms with E-state index in [0.717, 1.165) is 23.5 Å². The van der Waals surface area contributed by atoms with Gasteiger partial charge in [-0.3, -0.25) is 0 Å². The molecule has 1 aliphatic heterocycles. The zero-order chi connectivity index (χ0) is 36.3. The van der Waals surface area contributed by atoms with Crippen molar-refractivity contribution in [3.8, 4) is 16.8 Å². The van der Waals surface area contributed by atoms with E-state index in [0.29, 0.717) is 0 Å². The number of thiophene rings is 1. The van der Waals surface area contributed by atoms with Crippen LogP contribution in [0.3, 0.4) is 0 Å². The van der Waals surface area contributed by atoms with E-state index in [1.807, 2.05) is 11.3 Å². The normalized spacial score (nSPS) is 14.1. The van der Waals surface area contributed by atoms with Crippen LogP contribution in [0.2, 0.25) is 0 Å². The minimum absolute atomic E-state index is 0.481. The number of hydrogen-bond acceptors (Lipinski definition) is 2. The van der Waals surface area contributed by atoms with E-state index < -0.39 is 5.41 Å². The molecule has 55 heavy (non-hydrogen) atoms. The second kappa shape index (κ2) is 13.0. The minimum atomic E-state index is -0.481. The zero-order valence-electron chi connectivity index (χ0n) is 30.0. The summed E-state index contributed by atoms with van der Waals surface area (Å²) in [5.41, 5.74) is 13.1. The van der Waals surface area contributed by atoms with E-state index in [2.05, 4.69) is 209 Å². The summed E-state index contributed by atoms with van der Waals surface area (Å²) in [5.74, 6) is 0. The van der Waals surface area contributed by atoms with Gasteiger partial charge in [-0.1, -0.05) is 140 Å². The van der Waals surface area contributed by atoms with Gasteiger partial charge in [0.15, 0.2) is 0 Å². The molecule has 4 heteroatoms. The molecule has 0 saturated heterocycles. The Hall–Kier alpha value is -6.20. The molecular formula is C51H36N2S2. The summed E-state index contributed by atoms with van der Waals surface area (Å²) in [6, 6.07) is 69.6. The van der Waals surface area contributed by atoms with E-state index in [-0.39, 0.29) is 0 Å². The molecule has 0 N–H and O–H groups in total. The molecule has 0 bridgehead atoms. The molecule has 9 aromatic rings. The number of benzene rings is 7. The fourth-order valence-electron chi connectivity index (χ4n) is 9.06. The van der Waals surface area contributed by atoms with Crippen molar-refractivity contribution in [2.45, 2.75) is 11.8 Å². The third-order valence-electron chi connectivity index (χ3n) is 11.4. The SMILES string of the molecule is C1=C[SH]=C(c2ccc(N(c3ccc4c(c3)C(c3ccccc3)(c3ccccc3)c3ccccc3-4)c3ccc4c5ccccc5n(-c5ccccc5)c4c3)s2)C1. The summed E-state index contributed by atoms with van der Waals surface area (Å²) < 4.78 is 2.42. The van der Waals surface area contributed by atoms with Crippen molar-refractivity contribution in [1.82, 2.24) is 4.57 Å². The Balaban J connectivity index is 1.18. The molecule has 11 rings (SSSR count). The molecule has 0 spiro atoms. The minimum Gasteiger partial charge on any atom is -0.309 e. The molecular weight excluding hydrogens is 705 g/mol. The highest BCUT2D eigenvalue weighted by Crippen LogP contribution is 2.57. The number of aromatic nitrogens is 1. The van der Waals surface area contributed by atoms with Gasteiger partial charge in [0.1, 0.15) is 5.00 Å². The maximum Gasteiger partial charge on any atom is 0.101 e. The summed E-state index contributed by atoms with van der Waals surface area (Å²) in [4.78, 5) is 5.31. The predicted octanol–water partition coefficient (Wildman–Crippen LogP) is 13.6. The van der Waals surface area contributed by atoms with Gasteiger partial charge in [0.05, 0.1) is 16.4 Å². The number of thiol groups is 1. The number of allylic oxidation sites excluding steroid dienone is 1. The summed E-state index contributed by atoms with van der Waals surface area (Å²) >= 11 is 3.19. The Kier molecular flexibility index (Phi) is 7.61. The number of para-hydroxylation sites is 2. The van der Waals surface area contributed by atoms with Gasteiger partial charge in [0.2, 0.25) is 0 Å². The van der Waals surface area contributed by atoms with Crippen molar-refractivity contribution >= 4 is 65.7 Å². The van der Waals surface area contributed by atoms with Gasteiger partial charge >= 0.3 is 0 Å². The molecule has 7 aromatic carbocycles. The van der Waals surface area contributed by atoms with Crippen LogP contribution in [0.15, 0.2) is 200 Å². The maximum absolute atomic E-state index is 2.49. The van der Waals surface area contributed by atoms with Gasteiger partial charge in [-0.25, -0.2) is 0 Å². The van der Waals surface area contributed by atoms with Crippen LogP contribution in [-0.2, 0) is 5.41 Å². The lowest BCUT2D eigenvalue weighted by molar-refractivity contribution is 0.768. The third kappa shape index (κ3) is 4.99. The lowest BCUT2D eigenvalue weighted by Gasteiger charge is -2.34. The number of hydrogen-bond donors (Lipinski definition) is 1. The fourth-order valence-corrected chi connectivity index (χ4v) is 11.2. The topological polar surface area (TPSA) is 8.17 Å². The van der Waals surface area contributed by atoms with Crippen LogP contribution in [0.5, 0.6) is 0 Å². The maximum atomic E-state index is 2.49. The van der Waals surface area contributed by atoms with Crippen molar-refractivity contribution in [2.24, 2.45) is 0 Å². The predicted molar refractivity (Wildman–Crippen MR) is 237 cm³/mol. The highest BCUT2D eigenvalue weighted by Gasteiger charge is 2.46. The van der Waals surface area contributed by atoms with E-state index in [1.165, 1.54) is 81.3 Å². The van der Waals surface area contributed by atoms with Gasteiger partial charge < -0.3 is 9.47 Å². The second-order valence-corrected chi connectivity index (χ2v) is 16.4. The first-order valence-electron chi connectivity index (χ1n) is 18.9. The van der Waals surface area contributed by atoms with E-state index in [9.17, 15) is 0 Å². The van der Waals surface area contributed by atoms with Crippen molar-refractivity contribution < 1.29 is 0 Å². The molecule has 0 saturated carbocycles. The molecule has 0 amide bonds.